The second-order valence-corrected chi connectivity index (χ2v) is 9.97. The fraction of sp³-hybridized carbons (Fsp3) is 0.885. The van der Waals surface area contributed by atoms with Gasteiger partial charge in [-0.05, 0) is 37.0 Å². The standard InChI is InChI=1S/C26H49N2O2.ClH/c1-5-6-7-8-9-10-11-12-13-18-29-21-27-16-17-28(20-27)22-30-26-19-24(4)14-15-25(26)23(2)3;/h16-17,20,23-26H,5-15,18-19,21-22H2,1-4H3;1H/q+1;/p-1/t24-,25+,26-;/m1./s1. The molecule has 5 heteroatoms. The van der Waals surface area contributed by atoms with Gasteiger partial charge in [-0.1, -0.05) is 85.5 Å². The second-order valence-electron chi connectivity index (χ2n) is 9.97. The average molecular weight is 457 g/mol. The number of halogens is 1. The number of rotatable bonds is 16. The molecule has 0 aliphatic heterocycles. The van der Waals surface area contributed by atoms with Crippen LogP contribution < -0.4 is 17.0 Å². The highest BCUT2D eigenvalue weighted by Crippen LogP contribution is 2.35. The predicted molar refractivity (Wildman–Crippen MR) is 124 cm³/mol. The molecule has 0 spiro atoms. The Kier molecular flexibility index (Phi) is 15.6. The van der Waals surface area contributed by atoms with Gasteiger partial charge in [0.15, 0.2) is 13.5 Å². The van der Waals surface area contributed by atoms with E-state index in [1.165, 1.54) is 77.0 Å². The first-order chi connectivity index (χ1) is 14.6. The maximum atomic E-state index is 6.35. The van der Waals surface area contributed by atoms with E-state index in [2.05, 4.69) is 55.6 Å². The first-order valence-electron chi connectivity index (χ1n) is 12.8. The first-order valence-corrected chi connectivity index (χ1v) is 12.8. The van der Waals surface area contributed by atoms with Gasteiger partial charge in [-0.15, -0.1) is 0 Å². The van der Waals surface area contributed by atoms with Crippen molar-refractivity contribution in [1.29, 1.82) is 0 Å². The van der Waals surface area contributed by atoms with Crippen molar-refractivity contribution in [3.05, 3.63) is 18.7 Å². The van der Waals surface area contributed by atoms with E-state index < -0.39 is 0 Å². The van der Waals surface area contributed by atoms with Crippen LogP contribution in [-0.2, 0) is 22.9 Å². The Balaban J connectivity index is 0.00000480. The third-order valence-electron chi connectivity index (χ3n) is 6.78. The van der Waals surface area contributed by atoms with Crippen molar-refractivity contribution in [1.82, 2.24) is 4.57 Å². The Hall–Kier alpha value is -0.580. The summed E-state index contributed by atoms with van der Waals surface area (Å²) < 4.78 is 16.5. The smallest absolute Gasteiger partial charge is 0.247 e. The zero-order valence-electron chi connectivity index (χ0n) is 20.7. The van der Waals surface area contributed by atoms with Gasteiger partial charge >= 0.3 is 0 Å². The van der Waals surface area contributed by atoms with E-state index in [4.69, 9.17) is 9.47 Å². The van der Waals surface area contributed by atoms with Crippen molar-refractivity contribution in [2.24, 2.45) is 17.8 Å². The number of nitrogens with zero attached hydrogens (tertiary/aromatic N) is 2. The molecule has 0 N–H and O–H groups in total. The van der Waals surface area contributed by atoms with Crippen LogP contribution in [0.5, 0.6) is 0 Å². The third kappa shape index (κ3) is 11.7. The molecule has 1 aromatic heterocycles. The summed E-state index contributed by atoms with van der Waals surface area (Å²) in [4.78, 5) is 0. The Morgan fingerprint density at radius 1 is 1.00 bits per heavy atom. The molecule has 1 heterocycles. The molecule has 0 aromatic carbocycles. The monoisotopic (exact) mass is 456 g/mol. The van der Waals surface area contributed by atoms with Gasteiger partial charge in [-0.3, -0.25) is 0 Å². The minimum Gasteiger partial charge on any atom is -1.00 e. The normalized spacial score (nSPS) is 21.4. The van der Waals surface area contributed by atoms with Crippen molar-refractivity contribution >= 4 is 0 Å². The lowest BCUT2D eigenvalue weighted by atomic mass is 9.75. The van der Waals surface area contributed by atoms with E-state index in [1.54, 1.807) is 0 Å². The van der Waals surface area contributed by atoms with E-state index in [0.29, 0.717) is 31.4 Å². The molecule has 0 saturated heterocycles. The van der Waals surface area contributed by atoms with Crippen LogP contribution >= 0.6 is 0 Å². The molecule has 0 amide bonds. The van der Waals surface area contributed by atoms with E-state index in [-0.39, 0.29) is 12.4 Å². The molecule has 4 nitrogen and oxygen atoms in total. The molecule has 1 aliphatic carbocycles. The van der Waals surface area contributed by atoms with E-state index in [1.807, 2.05) is 0 Å². The molecular formula is C26H49ClN2O2. The van der Waals surface area contributed by atoms with Crippen LogP contribution in [0.25, 0.3) is 0 Å². The van der Waals surface area contributed by atoms with Crippen molar-refractivity contribution in [3.63, 3.8) is 0 Å². The van der Waals surface area contributed by atoms with E-state index >= 15 is 0 Å². The predicted octanol–water partition coefficient (Wildman–Crippen LogP) is 3.72. The molecule has 1 aromatic rings. The molecule has 3 atom stereocenters. The summed E-state index contributed by atoms with van der Waals surface area (Å²) >= 11 is 0. The lowest BCUT2D eigenvalue weighted by Gasteiger charge is -2.36. The molecular weight excluding hydrogens is 408 g/mol. The van der Waals surface area contributed by atoms with Crippen molar-refractivity contribution in [3.8, 4) is 0 Å². The quantitative estimate of drug-likeness (QED) is 0.280. The van der Waals surface area contributed by atoms with Crippen LogP contribution in [0.3, 0.4) is 0 Å². The highest BCUT2D eigenvalue weighted by molar-refractivity contribution is 4.81. The van der Waals surface area contributed by atoms with Crippen LogP contribution in [0.15, 0.2) is 18.7 Å². The number of aromatic nitrogens is 2. The third-order valence-corrected chi connectivity index (χ3v) is 6.78. The zero-order valence-corrected chi connectivity index (χ0v) is 21.5. The fourth-order valence-electron chi connectivity index (χ4n) is 4.76. The maximum Gasteiger partial charge on any atom is 0.247 e. The maximum absolute atomic E-state index is 6.35. The van der Waals surface area contributed by atoms with Crippen molar-refractivity contribution < 1.29 is 26.4 Å². The van der Waals surface area contributed by atoms with Gasteiger partial charge in [0.1, 0.15) is 12.4 Å². The van der Waals surface area contributed by atoms with Crippen LogP contribution in [0.2, 0.25) is 0 Å². The number of imidazole rings is 1. The summed E-state index contributed by atoms with van der Waals surface area (Å²) in [7, 11) is 0. The molecule has 1 saturated carbocycles. The lowest BCUT2D eigenvalue weighted by molar-refractivity contribution is -0.732. The minimum absolute atomic E-state index is 0. The summed E-state index contributed by atoms with van der Waals surface area (Å²) in [5.41, 5.74) is 0. The van der Waals surface area contributed by atoms with Gasteiger partial charge in [0, 0.05) is 0 Å². The van der Waals surface area contributed by atoms with Gasteiger partial charge in [0.2, 0.25) is 6.33 Å². The summed E-state index contributed by atoms with van der Waals surface area (Å²) in [6.07, 6.45) is 22.7. The summed E-state index contributed by atoms with van der Waals surface area (Å²) in [5.74, 6) is 2.18. The van der Waals surface area contributed by atoms with E-state index in [9.17, 15) is 0 Å². The van der Waals surface area contributed by atoms with Gasteiger partial charge < -0.3 is 21.9 Å². The Morgan fingerprint density at radius 2 is 1.68 bits per heavy atom. The zero-order chi connectivity index (χ0) is 21.6. The molecule has 0 unspecified atom stereocenters. The number of unbranched alkanes of at least 4 members (excludes halogenated alkanes) is 8. The van der Waals surface area contributed by atoms with Gasteiger partial charge in [-0.25, -0.2) is 9.13 Å². The molecule has 2 rings (SSSR count). The lowest BCUT2D eigenvalue weighted by Crippen LogP contribution is -3.00. The largest absolute Gasteiger partial charge is 1.00 e. The van der Waals surface area contributed by atoms with Gasteiger partial charge in [0.05, 0.1) is 12.7 Å². The molecule has 1 aliphatic rings. The second kappa shape index (κ2) is 17.0. The summed E-state index contributed by atoms with van der Waals surface area (Å²) in [6.45, 7) is 11.5. The first kappa shape index (κ1) is 28.5. The Morgan fingerprint density at radius 3 is 2.35 bits per heavy atom. The number of ether oxygens (including phenoxy) is 2. The SMILES string of the molecule is CCCCCCCCCCCOC[n+]1ccn(CO[C@@H]2C[C@H](C)CC[C@H]2C(C)C)c1.[Cl-]. The fourth-order valence-corrected chi connectivity index (χ4v) is 4.76. The molecule has 0 bridgehead atoms. The van der Waals surface area contributed by atoms with Crippen LogP contribution in [0.4, 0.5) is 0 Å². The van der Waals surface area contributed by atoms with Crippen LogP contribution in [0, 0.1) is 17.8 Å². The highest BCUT2D eigenvalue weighted by atomic mass is 35.5. The molecule has 1 fully saturated rings. The molecule has 0 radical (unpaired) electrons. The summed E-state index contributed by atoms with van der Waals surface area (Å²) in [5, 5.41) is 0. The van der Waals surface area contributed by atoms with Crippen LogP contribution in [-0.4, -0.2) is 17.3 Å². The minimum atomic E-state index is 0. The van der Waals surface area contributed by atoms with E-state index in [0.717, 1.165) is 12.5 Å². The van der Waals surface area contributed by atoms with Crippen molar-refractivity contribution in [2.75, 3.05) is 6.61 Å². The Bertz CT molecular complexity index is 549. The van der Waals surface area contributed by atoms with Gasteiger partial charge in [-0.2, -0.15) is 0 Å². The van der Waals surface area contributed by atoms with Crippen LogP contribution in [0.1, 0.15) is 105 Å². The number of hydrogen-bond acceptors (Lipinski definition) is 2. The topological polar surface area (TPSA) is 27.3 Å². The molecule has 182 valence electrons. The summed E-state index contributed by atoms with van der Waals surface area (Å²) in [6, 6.07) is 0. The molecule has 31 heavy (non-hydrogen) atoms. The van der Waals surface area contributed by atoms with Gasteiger partial charge in [0.25, 0.3) is 0 Å². The average Bonchev–Trinajstić information content (AvgIpc) is 3.18. The Labute approximate surface area is 198 Å². The van der Waals surface area contributed by atoms with Crippen molar-refractivity contribution in [2.45, 2.75) is 124 Å². The highest BCUT2D eigenvalue weighted by Gasteiger charge is 2.31. The number of hydrogen-bond donors (Lipinski definition) is 0.